The van der Waals surface area contributed by atoms with Gasteiger partial charge in [0.2, 0.25) is 5.95 Å². The Bertz CT molecular complexity index is 1010. The highest BCUT2D eigenvalue weighted by Crippen LogP contribution is 2.22. The molecule has 0 radical (unpaired) electrons. The minimum absolute atomic E-state index is 0.143. The molecule has 138 valence electrons. The van der Waals surface area contributed by atoms with Gasteiger partial charge in [0.25, 0.3) is 5.56 Å². The van der Waals surface area contributed by atoms with Crippen LogP contribution in [0.3, 0.4) is 0 Å². The SMILES string of the molecule is Cn1c(N2CC[C@H](Nc3cccc(F)c3)C2)nc(-c2ccncn2)cc1=O. The summed E-state index contributed by atoms with van der Waals surface area (Å²) in [5.74, 6) is 0.330. The van der Waals surface area contributed by atoms with Gasteiger partial charge < -0.3 is 10.2 Å². The van der Waals surface area contributed by atoms with Crippen molar-refractivity contribution in [2.45, 2.75) is 12.5 Å². The topological polar surface area (TPSA) is 75.9 Å². The quantitative estimate of drug-likeness (QED) is 0.762. The zero-order chi connectivity index (χ0) is 18.8. The Hall–Kier alpha value is -3.29. The zero-order valence-electron chi connectivity index (χ0n) is 14.8. The summed E-state index contributed by atoms with van der Waals surface area (Å²) in [4.78, 5) is 27.2. The van der Waals surface area contributed by atoms with Gasteiger partial charge in [0, 0.05) is 44.1 Å². The third-order valence-corrected chi connectivity index (χ3v) is 4.62. The van der Waals surface area contributed by atoms with E-state index in [1.54, 1.807) is 25.4 Å². The van der Waals surface area contributed by atoms with Crippen molar-refractivity contribution in [2.24, 2.45) is 7.05 Å². The van der Waals surface area contributed by atoms with Crippen LogP contribution in [0.2, 0.25) is 0 Å². The van der Waals surface area contributed by atoms with Crippen molar-refractivity contribution in [3.63, 3.8) is 0 Å². The van der Waals surface area contributed by atoms with E-state index in [4.69, 9.17) is 0 Å². The molecule has 8 heteroatoms. The largest absolute Gasteiger partial charge is 0.380 e. The van der Waals surface area contributed by atoms with Crippen LogP contribution in [0.4, 0.5) is 16.0 Å². The number of aromatic nitrogens is 4. The van der Waals surface area contributed by atoms with E-state index < -0.39 is 0 Å². The normalized spacial score (nSPS) is 16.5. The third kappa shape index (κ3) is 3.64. The molecule has 1 fully saturated rings. The van der Waals surface area contributed by atoms with Crippen molar-refractivity contribution in [3.8, 4) is 11.4 Å². The molecular weight excluding hydrogens is 347 g/mol. The summed E-state index contributed by atoms with van der Waals surface area (Å²) >= 11 is 0. The molecule has 0 unspecified atom stereocenters. The van der Waals surface area contributed by atoms with Gasteiger partial charge in [-0.2, -0.15) is 0 Å². The lowest BCUT2D eigenvalue weighted by atomic mass is 10.2. The second-order valence-electron chi connectivity index (χ2n) is 6.52. The predicted octanol–water partition coefficient (Wildman–Crippen LogP) is 2.07. The van der Waals surface area contributed by atoms with E-state index in [-0.39, 0.29) is 17.4 Å². The number of hydrogen-bond acceptors (Lipinski definition) is 6. The molecule has 0 amide bonds. The minimum Gasteiger partial charge on any atom is -0.380 e. The maximum Gasteiger partial charge on any atom is 0.255 e. The van der Waals surface area contributed by atoms with Crippen LogP contribution in [0.1, 0.15) is 6.42 Å². The number of hydrogen-bond donors (Lipinski definition) is 1. The van der Waals surface area contributed by atoms with Crippen molar-refractivity contribution in [3.05, 3.63) is 65.1 Å². The molecular formula is C19H19FN6O. The first-order chi connectivity index (χ1) is 13.1. The molecule has 0 spiro atoms. The lowest BCUT2D eigenvalue weighted by Crippen LogP contribution is -2.32. The second kappa shape index (κ2) is 7.14. The summed E-state index contributed by atoms with van der Waals surface area (Å²) in [5, 5.41) is 3.34. The van der Waals surface area contributed by atoms with E-state index in [0.29, 0.717) is 23.9 Å². The summed E-state index contributed by atoms with van der Waals surface area (Å²) in [5.41, 5.74) is 1.74. The van der Waals surface area contributed by atoms with Crippen molar-refractivity contribution >= 4 is 11.6 Å². The van der Waals surface area contributed by atoms with E-state index in [2.05, 4.69) is 25.2 Å². The van der Waals surface area contributed by atoms with Crippen LogP contribution in [0.5, 0.6) is 0 Å². The average molecular weight is 366 g/mol. The molecule has 3 heterocycles. The van der Waals surface area contributed by atoms with Crippen LogP contribution >= 0.6 is 0 Å². The first kappa shape index (κ1) is 17.1. The Morgan fingerprint density at radius 2 is 2.11 bits per heavy atom. The number of benzene rings is 1. The standard InChI is InChI=1S/C19H19FN6O/c1-25-18(27)10-17(16-5-7-21-12-22-16)24-19(25)26-8-6-15(11-26)23-14-4-2-3-13(20)9-14/h2-5,7,9-10,12,15,23H,6,8,11H2,1H3/t15-/m0/s1. The summed E-state index contributed by atoms with van der Waals surface area (Å²) in [6.07, 6.45) is 3.92. The average Bonchev–Trinajstić information content (AvgIpc) is 3.13. The molecule has 1 N–H and O–H groups in total. The summed E-state index contributed by atoms with van der Waals surface area (Å²) in [6, 6.07) is 9.77. The van der Waals surface area contributed by atoms with Gasteiger partial charge in [-0.15, -0.1) is 0 Å². The molecule has 0 aliphatic carbocycles. The minimum atomic E-state index is -0.267. The van der Waals surface area contributed by atoms with Gasteiger partial charge in [0.1, 0.15) is 12.1 Å². The van der Waals surface area contributed by atoms with Gasteiger partial charge in [0.05, 0.1) is 11.4 Å². The maximum atomic E-state index is 13.4. The first-order valence-corrected chi connectivity index (χ1v) is 8.71. The van der Waals surface area contributed by atoms with Crippen LogP contribution in [0, 0.1) is 5.82 Å². The number of halogens is 1. The number of rotatable bonds is 4. The lowest BCUT2D eigenvalue weighted by Gasteiger charge is -2.21. The van der Waals surface area contributed by atoms with Crippen LogP contribution in [0.15, 0.2) is 53.7 Å². The predicted molar refractivity (Wildman–Crippen MR) is 101 cm³/mol. The Kier molecular flexibility index (Phi) is 4.53. The van der Waals surface area contributed by atoms with Gasteiger partial charge >= 0.3 is 0 Å². The van der Waals surface area contributed by atoms with Gasteiger partial charge in [-0.1, -0.05) is 6.07 Å². The van der Waals surface area contributed by atoms with Gasteiger partial charge in [-0.3, -0.25) is 9.36 Å². The van der Waals surface area contributed by atoms with Crippen LogP contribution in [0.25, 0.3) is 11.4 Å². The molecule has 0 bridgehead atoms. The van der Waals surface area contributed by atoms with E-state index in [0.717, 1.165) is 18.7 Å². The molecule has 1 saturated heterocycles. The number of anilines is 2. The Balaban J connectivity index is 1.57. The Labute approximate surface area is 155 Å². The van der Waals surface area contributed by atoms with Crippen molar-refractivity contribution in [2.75, 3.05) is 23.3 Å². The Morgan fingerprint density at radius 1 is 1.22 bits per heavy atom. The second-order valence-corrected chi connectivity index (χ2v) is 6.52. The fourth-order valence-electron chi connectivity index (χ4n) is 3.26. The molecule has 0 saturated carbocycles. The molecule has 1 aliphatic rings. The third-order valence-electron chi connectivity index (χ3n) is 4.62. The first-order valence-electron chi connectivity index (χ1n) is 8.71. The molecule has 1 aliphatic heterocycles. The number of nitrogens with zero attached hydrogens (tertiary/aromatic N) is 5. The summed E-state index contributed by atoms with van der Waals surface area (Å²) in [7, 11) is 1.71. The van der Waals surface area contributed by atoms with E-state index in [1.165, 1.54) is 29.1 Å². The van der Waals surface area contributed by atoms with Crippen LogP contribution < -0.4 is 15.8 Å². The highest BCUT2D eigenvalue weighted by atomic mass is 19.1. The fourth-order valence-corrected chi connectivity index (χ4v) is 3.26. The molecule has 3 aromatic rings. The van der Waals surface area contributed by atoms with Crippen LogP contribution in [-0.2, 0) is 7.05 Å². The molecule has 27 heavy (non-hydrogen) atoms. The molecule has 7 nitrogen and oxygen atoms in total. The fraction of sp³-hybridized carbons (Fsp3) is 0.263. The highest BCUT2D eigenvalue weighted by Gasteiger charge is 2.26. The molecule has 2 aromatic heterocycles. The maximum absolute atomic E-state index is 13.4. The molecule has 1 aromatic carbocycles. The van der Waals surface area contributed by atoms with Gasteiger partial charge in [-0.25, -0.2) is 19.3 Å². The summed E-state index contributed by atoms with van der Waals surface area (Å²) in [6.45, 7) is 1.42. The van der Waals surface area contributed by atoms with E-state index in [9.17, 15) is 9.18 Å². The monoisotopic (exact) mass is 366 g/mol. The van der Waals surface area contributed by atoms with E-state index >= 15 is 0 Å². The Morgan fingerprint density at radius 3 is 2.89 bits per heavy atom. The zero-order valence-corrected chi connectivity index (χ0v) is 14.8. The van der Waals surface area contributed by atoms with Gasteiger partial charge in [0.15, 0.2) is 0 Å². The van der Waals surface area contributed by atoms with Gasteiger partial charge in [-0.05, 0) is 30.7 Å². The van der Waals surface area contributed by atoms with Crippen molar-refractivity contribution in [1.82, 2.24) is 19.5 Å². The molecule has 4 rings (SSSR count). The molecule has 1 atom stereocenters. The van der Waals surface area contributed by atoms with Crippen molar-refractivity contribution < 1.29 is 4.39 Å². The number of nitrogens with one attached hydrogen (secondary N) is 1. The smallest absolute Gasteiger partial charge is 0.255 e. The van der Waals surface area contributed by atoms with Crippen LogP contribution in [-0.4, -0.2) is 38.7 Å². The lowest BCUT2D eigenvalue weighted by molar-refractivity contribution is 0.627. The highest BCUT2D eigenvalue weighted by molar-refractivity contribution is 5.55. The summed E-state index contributed by atoms with van der Waals surface area (Å²) < 4.78 is 14.9. The van der Waals surface area contributed by atoms with Crippen molar-refractivity contribution in [1.29, 1.82) is 0 Å². The van der Waals surface area contributed by atoms with E-state index in [1.807, 2.05) is 6.07 Å².